The standard InChI is InChI=1S/C13H18N4O3S/c1-18-3-2-12-15-13(11-6-14-9-21-11)17(16-12)7-10-8-19-4-5-20-10/h6,9-10H,2-5,7-8H2,1H3/t10-/m0/s1. The third-order valence-corrected chi connectivity index (χ3v) is 3.93. The molecule has 114 valence electrons. The molecule has 2 aromatic rings. The maximum absolute atomic E-state index is 5.69. The van der Waals surface area contributed by atoms with Crippen LogP contribution in [0.25, 0.3) is 10.7 Å². The molecule has 1 aliphatic heterocycles. The predicted octanol–water partition coefficient (Wildman–Crippen LogP) is 1.01. The topological polar surface area (TPSA) is 71.3 Å². The molecule has 0 unspecified atom stereocenters. The van der Waals surface area contributed by atoms with Crippen molar-refractivity contribution in [3.8, 4) is 10.7 Å². The molecule has 0 aliphatic carbocycles. The van der Waals surface area contributed by atoms with Gasteiger partial charge in [0.25, 0.3) is 0 Å². The first-order valence-corrected chi connectivity index (χ1v) is 7.75. The molecule has 21 heavy (non-hydrogen) atoms. The normalized spacial score (nSPS) is 19.0. The fourth-order valence-electron chi connectivity index (χ4n) is 2.16. The van der Waals surface area contributed by atoms with Gasteiger partial charge in [0, 0.05) is 19.7 Å². The van der Waals surface area contributed by atoms with Gasteiger partial charge < -0.3 is 14.2 Å². The van der Waals surface area contributed by atoms with Gasteiger partial charge in [-0.2, -0.15) is 5.10 Å². The van der Waals surface area contributed by atoms with Crippen molar-refractivity contribution in [2.75, 3.05) is 33.5 Å². The van der Waals surface area contributed by atoms with E-state index in [1.54, 1.807) is 24.0 Å². The molecule has 8 heteroatoms. The van der Waals surface area contributed by atoms with Gasteiger partial charge in [0.15, 0.2) is 11.6 Å². The first-order valence-electron chi connectivity index (χ1n) is 6.87. The highest BCUT2D eigenvalue weighted by Gasteiger charge is 2.20. The van der Waals surface area contributed by atoms with E-state index in [1.165, 1.54) is 0 Å². The largest absolute Gasteiger partial charge is 0.384 e. The van der Waals surface area contributed by atoms with Crippen LogP contribution in [-0.4, -0.2) is 59.4 Å². The van der Waals surface area contributed by atoms with E-state index >= 15 is 0 Å². The Morgan fingerprint density at radius 3 is 3.14 bits per heavy atom. The summed E-state index contributed by atoms with van der Waals surface area (Å²) in [4.78, 5) is 9.72. The van der Waals surface area contributed by atoms with Crippen molar-refractivity contribution in [3.05, 3.63) is 17.5 Å². The Balaban J connectivity index is 1.80. The van der Waals surface area contributed by atoms with Crippen molar-refractivity contribution in [2.24, 2.45) is 0 Å². The highest BCUT2D eigenvalue weighted by atomic mass is 32.1. The molecule has 1 saturated heterocycles. The van der Waals surface area contributed by atoms with E-state index in [9.17, 15) is 0 Å². The molecule has 1 fully saturated rings. The van der Waals surface area contributed by atoms with Crippen LogP contribution < -0.4 is 0 Å². The second-order valence-corrected chi connectivity index (χ2v) is 5.60. The summed E-state index contributed by atoms with van der Waals surface area (Å²) in [7, 11) is 1.67. The van der Waals surface area contributed by atoms with Gasteiger partial charge in [-0.15, -0.1) is 11.3 Å². The zero-order valence-electron chi connectivity index (χ0n) is 11.9. The summed E-state index contributed by atoms with van der Waals surface area (Å²) in [5, 5.41) is 4.57. The molecular weight excluding hydrogens is 292 g/mol. The summed E-state index contributed by atoms with van der Waals surface area (Å²) < 4.78 is 18.1. The maximum Gasteiger partial charge on any atom is 0.170 e. The Morgan fingerprint density at radius 2 is 2.43 bits per heavy atom. The number of rotatable bonds is 6. The van der Waals surface area contributed by atoms with Crippen LogP contribution in [0.5, 0.6) is 0 Å². The zero-order chi connectivity index (χ0) is 14.5. The van der Waals surface area contributed by atoms with Gasteiger partial charge in [0.2, 0.25) is 0 Å². The molecule has 0 bridgehead atoms. The van der Waals surface area contributed by atoms with Crippen LogP contribution in [0.3, 0.4) is 0 Å². The molecule has 1 aliphatic rings. The summed E-state index contributed by atoms with van der Waals surface area (Å²) in [5.41, 5.74) is 1.80. The van der Waals surface area contributed by atoms with Gasteiger partial charge in [-0.25, -0.2) is 9.67 Å². The van der Waals surface area contributed by atoms with Crippen LogP contribution in [0.2, 0.25) is 0 Å². The molecule has 1 atom stereocenters. The molecule has 0 N–H and O–H groups in total. The minimum Gasteiger partial charge on any atom is -0.384 e. The molecule has 7 nitrogen and oxygen atoms in total. The number of hydrogen-bond acceptors (Lipinski definition) is 7. The number of methoxy groups -OCH3 is 1. The van der Waals surface area contributed by atoms with Crippen LogP contribution in [0, 0.1) is 0 Å². The third-order valence-electron chi connectivity index (χ3n) is 3.16. The number of thiazole rings is 1. The molecule has 0 aromatic carbocycles. The summed E-state index contributed by atoms with van der Waals surface area (Å²) in [6.45, 7) is 3.12. The van der Waals surface area contributed by atoms with E-state index in [2.05, 4.69) is 15.1 Å². The smallest absolute Gasteiger partial charge is 0.170 e. The quantitative estimate of drug-likeness (QED) is 0.793. The van der Waals surface area contributed by atoms with Crippen molar-refractivity contribution in [1.82, 2.24) is 19.7 Å². The Morgan fingerprint density at radius 1 is 1.48 bits per heavy atom. The minimum absolute atomic E-state index is 0.0161. The lowest BCUT2D eigenvalue weighted by molar-refractivity contribution is -0.0945. The Labute approximate surface area is 126 Å². The van der Waals surface area contributed by atoms with Crippen LogP contribution in [-0.2, 0) is 27.2 Å². The average Bonchev–Trinajstić information content (AvgIpc) is 3.15. The summed E-state index contributed by atoms with van der Waals surface area (Å²) in [6, 6.07) is 0. The van der Waals surface area contributed by atoms with Gasteiger partial charge in [0.1, 0.15) is 6.10 Å². The number of nitrogens with zero attached hydrogens (tertiary/aromatic N) is 4. The van der Waals surface area contributed by atoms with Crippen LogP contribution >= 0.6 is 11.3 Å². The fraction of sp³-hybridized carbons (Fsp3) is 0.615. The van der Waals surface area contributed by atoms with E-state index in [0.717, 1.165) is 16.5 Å². The second kappa shape index (κ2) is 7.08. The van der Waals surface area contributed by atoms with Crippen LogP contribution in [0.4, 0.5) is 0 Å². The SMILES string of the molecule is COCCc1nc(-c2cncs2)n(C[C@H]2COCCO2)n1. The lowest BCUT2D eigenvalue weighted by Gasteiger charge is -2.23. The predicted molar refractivity (Wildman–Crippen MR) is 77.3 cm³/mol. The van der Waals surface area contributed by atoms with Crippen molar-refractivity contribution in [3.63, 3.8) is 0 Å². The van der Waals surface area contributed by atoms with Gasteiger partial charge in [0.05, 0.1) is 43.4 Å². The Bertz CT molecular complexity index is 552. The lowest BCUT2D eigenvalue weighted by Crippen LogP contribution is -2.32. The van der Waals surface area contributed by atoms with Crippen molar-refractivity contribution >= 4 is 11.3 Å². The Kier molecular flexibility index (Phi) is 4.91. The molecule has 3 heterocycles. The van der Waals surface area contributed by atoms with E-state index < -0.39 is 0 Å². The summed E-state index contributed by atoms with van der Waals surface area (Å²) >= 11 is 1.55. The summed E-state index contributed by atoms with van der Waals surface area (Å²) in [6.07, 6.45) is 2.52. The maximum atomic E-state index is 5.69. The molecule has 2 aromatic heterocycles. The van der Waals surface area contributed by atoms with Crippen molar-refractivity contribution in [1.29, 1.82) is 0 Å². The third kappa shape index (κ3) is 3.65. The van der Waals surface area contributed by atoms with E-state index in [0.29, 0.717) is 39.4 Å². The van der Waals surface area contributed by atoms with Gasteiger partial charge in [-0.1, -0.05) is 0 Å². The molecular formula is C13H18N4O3S. The number of aromatic nitrogens is 4. The van der Waals surface area contributed by atoms with Crippen LogP contribution in [0.1, 0.15) is 5.82 Å². The van der Waals surface area contributed by atoms with E-state index in [-0.39, 0.29) is 6.10 Å². The second-order valence-electron chi connectivity index (χ2n) is 4.71. The molecule has 0 radical (unpaired) electrons. The highest BCUT2D eigenvalue weighted by Crippen LogP contribution is 2.22. The first kappa shape index (κ1) is 14.6. The van der Waals surface area contributed by atoms with Gasteiger partial charge >= 0.3 is 0 Å². The fourth-order valence-corrected chi connectivity index (χ4v) is 2.77. The van der Waals surface area contributed by atoms with Crippen molar-refractivity contribution in [2.45, 2.75) is 19.1 Å². The number of ether oxygens (including phenoxy) is 3. The summed E-state index contributed by atoms with van der Waals surface area (Å²) in [5.74, 6) is 1.61. The molecule has 0 saturated carbocycles. The monoisotopic (exact) mass is 310 g/mol. The molecule has 3 rings (SSSR count). The lowest BCUT2D eigenvalue weighted by atomic mass is 10.3. The van der Waals surface area contributed by atoms with E-state index in [4.69, 9.17) is 14.2 Å². The van der Waals surface area contributed by atoms with Gasteiger partial charge in [-0.05, 0) is 0 Å². The number of hydrogen-bond donors (Lipinski definition) is 0. The van der Waals surface area contributed by atoms with E-state index in [1.807, 2.05) is 10.9 Å². The van der Waals surface area contributed by atoms with Crippen LogP contribution in [0.15, 0.2) is 11.7 Å². The molecule has 0 spiro atoms. The molecule has 0 amide bonds. The van der Waals surface area contributed by atoms with Crippen molar-refractivity contribution < 1.29 is 14.2 Å². The first-order chi connectivity index (χ1) is 10.4. The highest BCUT2D eigenvalue weighted by molar-refractivity contribution is 7.13. The Hall–Kier alpha value is -1.35. The minimum atomic E-state index is 0.0161. The van der Waals surface area contributed by atoms with Gasteiger partial charge in [-0.3, -0.25) is 4.98 Å². The average molecular weight is 310 g/mol. The zero-order valence-corrected chi connectivity index (χ0v) is 12.7.